The van der Waals surface area contributed by atoms with E-state index in [0.717, 1.165) is 0 Å². The predicted octanol–water partition coefficient (Wildman–Crippen LogP) is 2.77. The van der Waals surface area contributed by atoms with E-state index in [2.05, 4.69) is 29.4 Å². The molecular formula is C15H26IN3O. The fourth-order valence-electron chi connectivity index (χ4n) is 1.60. The maximum atomic E-state index is 5.74. The van der Waals surface area contributed by atoms with Gasteiger partial charge in [0.2, 0.25) is 0 Å². The average molecular weight is 391 g/mol. The SMILES string of the molecule is CC(CN=C(N)NC(C)C)COCc1ccccc1.I. The molecule has 0 radical (unpaired) electrons. The van der Waals surface area contributed by atoms with Crippen LogP contribution in [0.1, 0.15) is 26.3 Å². The molecule has 1 atom stereocenters. The fourth-order valence-corrected chi connectivity index (χ4v) is 1.60. The Bertz CT molecular complexity index is 382. The van der Waals surface area contributed by atoms with Gasteiger partial charge in [0.15, 0.2) is 5.96 Å². The van der Waals surface area contributed by atoms with Crippen molar-refractivity contribution in [2.45, 2.75) is 33.4 Å². The molecule has 20 heavy (non-hydrogen) atoms. The molecule has 3 N–H and O–H groups in total. The van der Waals surface area contributed by atoms with E-state index in [1.165, 1.54) is 5.56 Å². The van der Waals surface area contributed by atoms with E-state index in [4.69, 9.17) is 10.5 Å². The van der Waals surface area contributed by atoms with Crippen LogP contribution in [-0.2, 0) is 11.3 Å². The number of ether oxygens (including phenoxy) is 1. The molecule has 1 aromatic carbocycles. The largest absolute Gasteiger partial charge is 0.376 e. The number of nitrogens with two attached hydrogens (primary N) is 1. The highest BCUT2D eigenvalue weighted by Crippen LogP contribution is 2.03. The normalized spacial score (nSPS) is 12.9. The third kappa shape index (κ3) is 9.14. The Morgan fingerprint density at radius 2 is 1.90 bits per heavy atom. The predicted molar refractivity (Wildman–Crippen MR) is 95.4 cm³/mol. The number of nitrogens with one attached hydrogen (secondary N) is 1. The molecule has 1 unspecified atom stereocenters. The summed E-state index contributed by atoms with van der Waals surface area (Å²) in [5, 5.41) is 3.07. The summed E-state index contributed by atoms with van der Waals surface area (Å²) in [4.78, 5) is 4.29. The van der Waals surface area contributed by atoms with Gasteiger partial charge in [-0.25, -0.2) is 0 Å². The third-order valence-corrected chi connectivity index (χ3v) is 2.52. The first-order valence-electron chi connectivity index (χ1n) is 6.76. The summed E-state index contributed by atoms with van der Waals surface area (Å²) >= 11 is 0. The van der Waals surface area contributed by atoms with Gasteiger partial charge in [-0.05, 0) is 25.3 Å². The van der Waals surface area contributed by atoms with Gasteiger partial charge in [-0.3, -0.25) is 4.99 Å². The summed E-state index contributed by atoms with van der Waals surface area (Å²) in [5.74, 6) is 0.862. The lowest BCUT2D eigenvalue weighted by atomic mass is 10.2. The van der Waals surface area contributed by atoms with Crippen LogP contribution in [0.5, 0.6) is 0 Å². The van der Waals surface area contributed by atoms with Gasteiger partial charge in [0.25, 0.3) is 0 Å². The van der Waals surface area contributed by atoms with Crippen LogP contribution >= 0.6 is 24.0 Å². The molecule has 1 aromatic rings. The van der Waals surface area contributed by atoms with Crippen LogP contribution in [0.3, 0.4) is 0 Å². The van der Waals surface area contributed by atoms with Gasteiger partial charge in [-0.1, -0.05) is 37.3 Å². The smallest absolute Gasteiger partial charge is 0.188 e. The van der Waals surface area contributed by atoms with Gasteiger partial charge in [0.05, 0.1) is 13.2 Å². The quantitative estimate of drug-likeness (QED) is 0.427. The highest BCUT2D eigenvalue weighted by molar-refractivity contribution is 14.0. The number of hydrogen-bond acceptors (Lipinski definition) is 2. The molecule has 0 amide bonds. The summed E-state index contributed by atoms with van der Waals surface area (Å²) in [6.45, 7) is 8.20. The van der Waals surface area contributed by atoms with Crippen LogP contribution in [0.15, 0.2) is 35.3 Å². The third-order valence-electron chi connectivity index (χ3n) is 2.52. The van der Waals surface area contributed by atoms with Crippen LogP contribution < -0.4 is 11.1 Å². The van der Waals surface area contributed by atoms with Gasteiger partial charge >= 0.3 is 0 Å². The van der Waals surface area contributed by atoms with Gasteiger partial charge in [-0.15, -0.1) is 24.0 Å². The first-order chi connectivity index (χ1) is 9.08. The van der Waals surface area contributed by atoms with Crippen molar-refractivity contribution in [3.8, 4) is 0 Å². The van der Waals surface area contributed by atoms with Crippen molar-refractivity contribution in [3.63, 3.8) is 0 Å². The molecule has 0 saturated carbocycles. The zero-order valence-electron chi connectivity index (χ0n) is 12.5. The van der Waals surface area contributed by atoms with E-state index in [0.29, 0.717) is 37.7 Å². The van der Waals surface area contributed by atoms with Gasteiger partial charge in [-0.2, -0.15) is 0 Å². The van der Waals surface area contributed by atoms with Crippen molar-refractivity contribution < 1.29 is 4.74 Å². The number of nitrogens with zero attached hydrogens (tertiary/aromatic N) is 1. The van der Waals surface area contributed by atoms with Crippen LogP contribution in [0.4, 0.5) is 0 Å². The molecule has 114 valence electrons. The minimum absolute atomic E-state index is 0. The number of halogens is 1. The lowest BCUT2D eigenvalue weighted by Crippen LogP contribution is -2.37. The van der Waals surface area contributed by atoms with Crippen molar-refractivity contribution in [3.05, 3.63) is 35.9 Å². The molecule has 0 aromatic heterocycles. The number of hydrogen-bond donors (Lipinski definition) is 2. The molecule has 0 aliphatic heterocycles. The Balaban J connectivity index is 0.00000361. The average Bonchev–Trinajstić information content (AvgIpc) is 2.37. The minimum Gasteiger partial charge on any atom is -0.376 e. The molecule has 5 heteroatoms. The van der Waals surface area contributed by atoms with Gasteiger partial charge < -0.3 is 15.8 Å². The van der Waals surface area contributed by atoms with Crippen LogP contribution in [0, 0.1) is 5.92 Å². The number of guanidine groups is 1. The van der Waals surface area contributed by atoms with Crippen LogP contribution in [-0.4, -0.2) is 25.2 Å². The topological polar surface area (TPSA) is 59.6 Å². The maximum Gasteiger partial charge on any atom is 0.188 e. The molecule has 0 heterocycles. The minimum atomic E-state index is 0. The van der Waals surface area contributed by atoms with E-state index >= 15 is 0 Å². The standard InChI is InChI=1S/C15H25N3O.HI/c1-12(2)18-15(16)17-9-13(3)10-19-11-14-7-5-4-6-8-14;/h4-8,12-13H,9-11H2,1-3H3,(H3,16,17,18);1H. The summed E-state index contributed by atoms with van der Waals surface area (Å²) in [6, 6.07) is 10.5. The fraction of sp³-hybridized carbons (Fsp3) is 0.533. The Morgan fingerprint density at radius 1 is 1.25 bits per heavy atom. The Kier molecular flexibility index (Phi) is 10.5. The van der Waals surface area contributed by atoms with Gasteiger partial charge in [0, 0.05) is 12.6 Å². The second-order valence-corrected chi connectivity index (χ2v) is 5.13. The monoisotopic (exact) mass is 391 g/mol. The van der Waals surface area contributed by atoms with Gasteiger partial charge in [0.1, 0.15) is 0 Å². The van der Waals surface area contributed by atoms with Crippen molar-refractivity contribution in [1.82, 2.24) is 5.32 Å². The number of benzene rings is 1. The molecule has 0 saturated heterocycles. The molecule has 0 bridgehead atoms. The summed E-state index contributed by atoms with van der Waals surface area (Å²) in [5.41, 5.74) is 6.93. The second kappa shape index (κ2) is 10.9. The molecule has 4 nitrogen and oxygen atoms in total. The maximum absolute atomic E-state index is 5.74. The number of rotatable bonds is 7. The first kappa shape index (κ1) is 19.2. The highest BCUT2D eigenvalue weighted by atomic mass is 127. The lowest BCUT2D eigenvalue weighted by molar-refractivity contribution is 0.0945. The number of aliphatic imine (C=N–C) groups is 1. The van der Waals surface area contributed by atoms with E-state index in [1.54, 1.807) is 0 Å². The van der Waals surface area contributed by atoms with Crippen molar-refractivity contribution in [2.24, 2.45) is 16.6 Å². The van der Waals surface area contributed by atoms with E-state index in [-0.39, 0.29) is 24.0 Å². The first-order valence-corrected chi connectivity index (χ1v) is 6.76. The second-order valence-electron chi connectivity index (χ2n) is 5.13. The van der Waals surface area contributed by atoms with Crippen molar-refractivity contribution in [2.75, 3.05) is 13.2 Å². The zero-order chi connectivity index (χ0) is 14.1. The summed E-state index contributed by atoms with van der Waals surface area (Å²) in [6.07, 6.45) is 0. The molecule has 0 fully saturated rings. The molecule has 0 aliphatic rings. The van der Waals surface area contributed by atoms with E-state index in [1.807, 2.05) is 32.0 Å². The molecule has 0 aliphatic carbocycles. The zero-order valence-corrected chi connectivity index (χ0v) is 14.8. The summed E-state index contributed by atoms with van der Waals surface area (Å²) in [7, 11) is 0. The Labute approximate surface area is 139 Å². The highest BCUT2D eigenvalue weighted by Gasteiger charge is 2.02. The van der Waals surface area contributed by atoms with Crippen LogP contribution in [0.25, 0.3) is 0 Å². The Morgan fingerprint density at radius 3 is 2.50 bits per heavy atom. The molecular weight excluding hydrogens is 365 g/mol. The van der Waals surface area contributed by atoms with Crippen LogP contribution in [0.2, 0.25) is 0 Å². The Hall–Kier alpha value is -0.820. The van der Waals surface area contributed by atoms with Crippen molar-refractivity contribution >= 4 is 29.9 Å². The van der Waals surface area contributed by atoms with E-state index < -0.39 is 0 Å². The molecule has 1 rings (SSSR count). The lowest BCUT2D eigenvalue weighted by Gasteiger charge is -2.12. The van der Waals surface area contributed by atoms with Crippen molar-refractivity contribution in [1.29, 1.82) is 0 Å². The summed E-state index contributed by atoms with van der Waals surface area (Å²) < 4.78 is 5.66. The van der Waals surface area contributed by atoms with E-state index in [9.17, 15) is 0 Å². The molecule has 0 spiro atoms.